The van der Waals surface area contributed by atoms with Gasteiger partial charge in [0.25, 0.3) is 0 Å². The molecule has 0 bridgehead atoms. The van der Waals surface area contributed by atoms with Crippen molar-refractivity contribution in [3.8, 4) is 33.9 Å². The predicted octanol–water partition coefficient (Wildman–Crippen LogP) is 5.72. The number of aromatic nitrogens is 1. The number of nitrogens with zero attached hydrogens (tertiary/aromatic N) is 2. The summed E-state index contributed by atoms with van der Waals surface area (Å²) in [6.07, 6.45) is 2.73. The van der Waals surface area contributed by atoms with Gasteiger partial charge in [0.1, 0.15) is 17.3 Å². The lowest BCUT2D eigenvalue weighted by atomic mass is 10.0. The topological polar surface area (TPSA) is 57.6 Å². The zero-order chi connectivity index (χ0) is 22.5. The number of phenolic OH excluding ortho intramolecular Hbond substituents is 1. The van der Waals surface area contributed by atoms with Gasteiger partial charge in [-0.3, -0.25) is 0 Å². The van der Waals surface area contributed by atoms with E-state index in [9.17, 15) is 5.11 Å². The fourth-order valence-electron chi connectivity index (χ4n) is 4.13. The summed E-state index contributed by atoms with van der Waals surface area (Å²) in [5.74, 6) is 1.92. The van der Waals surface area contributed by atoms with Crippen LogP contribution in [0.3, 0.4) is 0 Å². The maximum absolute atomic E-state index is 10.5. The summed E-state index contributed by atoms with van der Waals surface area (Å²) in [4.78, 5) is 7.32. The Balaban J connectivity index is 1.64. The van der Waals surface area contributed by atoms with E-state index in [1.807, 2.05) is 51.1 Å². The number of aryl methyl sites for hydroxylation is 1. The normalized spacial score (nSPS) is 14.1. The Labute approximate surface area is 191 Å². The zero-order valence-corrected chi connectivity index (χ0v) is 19.3. The van der Waals surface area contributed by atoms with Gasteiger partial charge in [-0.15, -0.1) is 0 Å². The van der Waals surface area contributed by atoms with Crippen LogP contribution in [0.5, 0.6) is 11.5 Å². The van der Waals surface area contributed by atoms with Gasteiger partial charge in [0.2, 0.25) is 0 Å². The summed E-state index contributed by atoms with van der Waals surface area (Å²) in [5, 5.41) is 14.0. The third kappa shape index (κ3) is 5.60. The van der Waals surface area contributed by atoms with Crippen LogP contribution in [-0.2, 0) is 0 Å². The molecule has 5 nitrogen and oxygen atoms in total. The molecule has 2 heterocycles. The van der Waals surface area contributed by atoms with Crippen LogP contribution in [0.4, 0.5) is 5.82 Å². The first kappa shape index (κ1) is 22.2. The first-order chi connectivity index (χ1) is 15.5. The van der Waals surface area contributed by atoms with Crippen molar-refractivity contribution >= 4 is 5.82 Å². The van der Waals surface area contributed by atoms with Gasteiger partial charge >= 0.3 is 0 Å². The number of pyridine rings is 1. The molecule has 1 aliphatic rings. The number of phenols is 1. The Morgan fingerprint density at radius 3 is 2.47 bits per heavy atom. The van der Waals surface area contributed by atoms with Crippen LogP contribution >= 0.6 is 0 Å². The molecule has 0 aliphatic carbocycles. The number of likely N-dealkylation sites (tertiary alicyclic amines) is 1. The van der Waals surface area contributed by atoms with Gasteiger partial charge < -0.3 is 20.1 Å². The van der Waals surface area contributed by atoms with E-state index >= 15 is 0 Å². The van der Waals surface area contributed by atoms with Gasteiger partial charge in [0, 0.05) is 18.7 Å². The summed E-state index contributed by atoms with van der Waals surface area (Å²) in [6, 6.07) is 17.9. The lowest BCUT2D eigenvalue weighted by Gasteiger charge is -2.16. The van der Waals surface area contributed by atoms with Crippen molar-refractivity contribution in [2.45, 2.75) is 39.7 Å². The van der Waals surface area contributed by atoms with Gasteiger partial charge in [-0.1, -0.05) is 23.8 Å². The van der Waals surface area contributed by atoms with Crippen molar-refractivity contribution in [2.75, 3.05) is 31.5 Å². The number of aromatic hydroxyl groups is 1. The zero-order valence-electron chi connectivity index (χ0n) is 19.3. The second-order valence-electron chi connectivity index (χ2n) is 8.81. The van der Waals surface area contributed by atoms with Crippen LogP contribution in [0.1, 0.15) is 32.3 Å². The van der Waals surface area contributed by atoms with Crippen molar-refractivity contribution in [3.63, 3.8) is 0 Å². The van der Waals surface area contributed by atoms with E-state index in [0.29, 0.717) is 0 Å². The monoisotopic (exact) mass is 431 g/mol. The maximum atomic E-state index is 10.5. The van der Waals surface area contributed by atoms with E-state index < -0.39 is 0 Å². The molecule has 1 fully saturated rings. The largest absolute Gasteiger partial charge is 0.507 e. The molecule has 4 rings (SSSR count). The molecule has 32 heavy (non-hydrogen) atoms. The maximum Gasteiger partial charge on any atom is 0.127 e. The molecule has 1 aliphatic heterocycles. The van der Waals surface area contributed by atoms with Crippen LogP contribution < -0.4 is 10.1 Å². The number of benzene rings is 2. The van der Waals surface area contributed by atoms with Crippen molar-refractivity contribution in [1.82, 2.24) is 9.88 Å². The number of hydrogen-bond acceptors (Lipinski definition) is 5. The summed E-state index contributed by atoms with van der Waals surface area (Å²) in [5.41, 5.74) is 4.72. The lowest BCUT2D eigenvalue weighted by Crippen LogP contribution is -2.26. The number of rotatable bonds is 8. The third-order valence-electron chi connectivity index (χ3n) is 5.75. The van der Waals surface area contributed by atoms with Crippen LogP contribution in [-0.4, -0.2) is 47.3 Å². The molecule has 0 unspecified atom stereocenters. The first-order valence-electron chi connectivity index (χ1n) is 11.5. The van der Waals surface area contributed by atoms with Gasteiger partial charge in [-0.25, -0.2) is 4.98 Å². The Morgan fingerprint density at radius 1 is 1.00 bits per heavy atom. The number of ether oxygens (including phenoxy) is 1. The molecular weight excluding hydrogens is 398 g/mol. The lowest BCUT2D eigenvalue weighted by molar-refractivity contribution is 0.242. The van der Waals surface area contributed by atoms with Crippen LogP contribution in [0.25, 0.3) is 22.4 Å². The predicted molar refractivity (Wildman–Crippen MR) is 131 cm³/mol. The molecule has 2 N–H and O–H groups in total. The highest BCUT2D eigenvalue weighted by molar-refractivity contribution is 5.76. The van der Waals surface area contributed by atoms with Crippen LogP contribution in [0, 0.1) is 6.92 Å². The number of nitrogens with one attached hydrogen (secondary N) is 1. The molecule has 0 spiro atoms. The Bertz CT molecular complexity index is 1040. The molecule has 1 aromatic heterocycles. The molecule has 5 heteroatoms. The molecule has 0 amide bonds. The summed E-state index contributed by atoms with van der Waals surface area (Å²) >= 11 is 0. The first-order valence-corrected chi connectivity index (χ1v) is 11.5. The minimum absolute atomic E-state index is 0.143. The molecule has 1 saturated heterocycles. The van der Waals surface area contributed by atoms with Gasteiger partial charge in [0.05, 0.1) is 11.8 Å². The molecule has 0 radical (unpaired) electrons. The minimum Gasteiger partial charge on any atom is -0.507 e. The third-order valence-corrected chi connectivity index (χ3v) is 5.75. The fraction of sp³-hybridized carbons (Fsp3) is 0.370. The highest BCUT2D eigenvalue weighted by atomic mass is 16.5. The van der Waals surface area contributed by atoms with Crippen LogP contribution in [0.15, 0.2) is 54.6 Å². The highest BCUT2D eigenvalue weighted by Crippen LogP contribution is 2.33. The highest BCUT2D eigenvalue weighted by Gasteiger charge is 2.13. The molecule has 2 aromatic carbocycles. The smallest absolute Gasteiger partial charge is 0.127 e. The number of anilines is 1. The second-order valence-corrected chi connectivity index (χ2v) is 8.81. The van der Waals surface area contributed by atoms with Crippen LogP contribution in [0.2, 0.25) is 0 Å². The van der Waals surface area contributed by atoms with Crippen molar-refractivity contribution in [1.29, 1.82) is 0 Å². The van der Waals surface area contributed by atoms with E-state index in [-0.39, 0.29) is 11.9 Å². The summed E-state index contributed by atoms with van der Waals surface area (Å²) in [6.45, 7) is 10.3. The molecular formula is C27H33N3O2. The molecule has 168 valence electrons. The summed E-state index contributed by atoms with van der Waals surface area (Å²) in [7, 11) is 0. The fourth-order valence-corrected chi connectivity index (χ4v) is 4.13. The second kappa shape index (κ2) is 10.0. The van der Waals surface area contributed by atoms with E-state index in [1.165, 1.54) is 25.9 Å². The molecule has 0 atom stereocenters. The number of hydrogen-bond donors (Lipinski definition) is 2. The van der Waals surface area contributed by atoms with Crippen molar-refractivity contribution < 1.29 is 9.84 Å². The van der Waals surface area contributed by atoms with Gasteiger partial charge in [-0.2, -0.15) is 0 Å². The average Bonchev–Trinajstić information content (AvgIpc) is 3.29. The van der Waals surface area contributed by atoms with E-state index in [4.69, 9.17) is 9.72 Å². The van der Waals surface area contributed by atoms with Crippen molar-refractivity contribution in [3.05, 3.63) is 60.2 Å². The Hall–Kier alpha value is -3.05. The minimum atomic E-state index is 0.143. The quantitative estimate of drug-likeness (QED) is 0.477. The standard InChI is InChI=1S/C27H33N3O2/c1-19(2)32-23-9-7-21(8-10-23)22-17-25(24-16-20(3)6-11-26(24)31)29-27(18-22)28-12-15-30-13-4-5-14-30/h6-11,16-19,31H,4-5,12-15H2,1-3H3,(H,28,29). The van der Waals surface area contributed by atoms with Gasteiger partial charge in [-0.05, 0) is 94.2 Å². The molecule has 0 saturated carbocycles. The Morgan fingerprint density at radius 2 is 1.75 bits per heavy atom. The average molecular weight is 432 g/mol. The van der Waals surface area contributed by atoms with E-state index in [1.54, 1.807) is 6.07 Å². The van der Waals surface area contributed by atoms with E-state index in [2.05, 4.69) is 28.4 Å². The SMILES string of the molecule is Cc1ccc(O)c(-c2cc(-c3ccc(OC(C)C)cc3)cc(NCCN3CCCC3)n2)c1. The summed E-state index contributed by atoms with van der Waals surface area (Å²) < 4.78 is 5.79. The molecule has 3 aromatic rings. The van der Waals surface area contributed by atoms with E-state index in [0.717, 1.165) is 52.6 Å². The Kier molecular flexibility index (Phi) is 6.96. The van der Waals surface area contributed by atoms with Gasteiger partial charge in [0.15, 0.2) is 0 Å². The van der Waals surface area contributed by atoms with Crippen molar-refractivity contribution in [2.24, 2.45) is 0 Å².